The zero-order valence-corrected chi connectivity index (χ0v) is 8.64. The van der Waals surface area contributed by atoms with E-state index in [1.165, 1.54) is 0 Å². The molecule has 6 heteroatoms. The maximum absolute atomic E-state index is 10.1. The third kappa shape index (κ3) is 8.16. The first-order valence-corrected chi connectivity index (χ1v) is 3.83. The number of carbonyl (C=O) groups is 1. The topological polar surface area (TPSA) is 60.4 Å². The molecular formula is C4H7NaO4S. The zero-order chi connectivity index (χ0) is 7.49. The zero-order valence-electron chi connectivity index (χ0n) is 6.83. The van der Waals surface area contributed by atoms with Crippen LogP contribution in [0.1, 0.15) is 1.43 Å². The molecule has 0 unspecified atom stereocenters. The van der Waals surface area contributed by atoms with Gasteiger partial charge in [-0.3, -0.25) is 0 Å². The third-order valence-corrected chi connectivity index (χ3v) is 0.867. The Balaban J connectivity index is -0.000000320. The van der Waals surface area contributed by atoms with Crippen molar-refractivity contribution in [2.24, 2.45) is 0 Å². The summed E-state index contributed by atoms with van der Waals surface area (Å²) in [6.45, 7) is 3.01. The predicted octanol–water partition coefficient (Wildman–Crippen LogP) is -3.21. The van der Waals surface area contributed by atoms with Crippen LogP contribution in [0.25, 0.3) is 0 Å². The molecule has 0 aromatic rings. The van der Waals surface area contributed by atoms with Gasteiger partial charge in [0.15, 0.2) is 0 Å². The molecule has 0 aliphatic heterocycles. The monoisotopic (exact) mass is 174 g/mol. The Morgan fingerprint density at radius 3 is 2.20 bits per heavy atom. The van der Waals surface area contributed by atoms with E-state index in [9.17, 15) is 13.2 Å². The van der Waals surface area contributed by atoms with Crippen LogP contribution in [0.15, 0.2) is 12.7 Å². The fourth-order valence-electron chi connectivity index (χ4n) is 0.183. The Morgan fingerprint density at radius 2 is 2.10 bits per heavy atom. The summed E-state index contributed by atoms with van der Waals surface area (Å²) >= 11 is 0. The van der Waals surface area contributed by atoms with E-state index in [1.54, 1.807) is 0 Å². The standard InChI is InChI=1S/C4H6O4S.Na.H/c1-3-4(5)8-9(2,6)7;;/h3H,1H2,2H3;;/q;+1;-1. The van der Waals surface area contributed by atoms with Gasteiger partial charge in [-0.25, -0.2) is 4.79 Å². The average molecular weight is 174 g/mol. The smallest absolute Gasteiger partial charge is 1.00 e. The molecule has 4 nitrogen and oxygen atoms in total. The molecule has 0 spiro atoms. The van der Waals surface area contributed by atoms with Crippen LogP contribution in [-0.2, 0) is 19.1 Å². The van der Waals surface area contributed by atoms with Gasteiger partial charge in [-0.05, 0) is 0 Å². The van der Waals surface area contributed by atoms with Gasteiger partial charge in [0, 0.05) is 6.08 Å². The van der Waals surface area contributed by atoms with E-state index in [0.717, 1.165) is 12.3 Å². The van der Waals surface area contributed by atoms with Crippen molar-refractivity contribution in [1.29, 1.82) is 0 Å². The molecule has 0 atom stereocenters. The minimum absolute atomic E-state index is 0. The molecule has 0 amide bonds. The molecule has 0 aromatic heterocycles. The summed E-state index contributed by atoms with van der Waals surface area (Å²) in [5.74, 6) is -0.961. The third-order valence-electron chi connectivity index (χ3n) is 0.400. The van der Waals surface area contributed by atoms with Crippen molar-refractivity contribution < 1.29 is 48.4 Å². The van der Waals surface area contributed by atoms with Crippen molar-refractivity contribution in [3.63, 3.8) is 0 Å². The first-order valence-electron chi connectivity index (χ1n) is 2.01. The van der Waals surface area contributed by atoms with E-state index in [4.69, 9.17) is 0 Å². The number of carbonyl (C=O) groups excluding carboxylic acids is 1. The summed E-state index contributed by atoms with van der Waals surface area (Å²) in [5, 5.41) is 0. The second-order valence-electron chi connectivity index (χ2n) is 1.31. The molecule has 0 radical (unpaired) electrons. The minimum atomic E-state index is -3.66. The first-order chi connectivity index (χ1) is 3.95. The molecule has 0 N–H and O–H groups in total. The molecular weight excluding hydrogens is 167 g/mol. The Bertz CT molecular complexity index is 222. The van der Waals surface area contributed by atoms with Gasteiger partial charge in [-0.2, -0.15) is 8.42 Å². The van der Waals surface area contributed by atoms with Crippen LogP contribution >= 0.6 is 0 Å². The van der Waals surface area contributed by atoms with E-state index >= 15 is 0 Å². The quantitative estimate of drug-likeness (QED) is 0.251. The van der Waals surface area contributed by atoms with Gasteiger partial charge in [0.1, 0.15) is 0 Å². The second kappa shape index (κ2) is 4.90. The molecule has 0 aromatic carbocycles. The maximum atomic E-state index is 10.1. The molecule has 10 heavy (non-hydrogen) atoms. The fourth-order valence-corrected chi connectivity index (χ4v) is 0.550. The largest absolute Gasteiger partial charge is 1.00 e. The number of hydrogen-bond donors (Lipinski definition) is 0. The molecule has 0 bridgehead atoms. The van der Waals surface area contributed by atoms with Crippen LogP contribution in [0, 0.1) is 0 Å². The van der Waals surface area contributed by atoms with Gasteiger partial charge >= 0.3 is 45.6 Å². The predicted molar refractivity (Wildman–Crippen MR) is 32.2 cm³/mol. The van der Waals surface area contributed by atoms with Gasteiger partial charge < -0.3 is 5.61 Å². The molecule has 0 fully saturated rings. The van der Waals surface area contributed by atoms with Crippen LogP contribution < -0.4 is 29.6 Å². The van der Waals surface area contributed by atoms with Gasteiger partial charge in [-0.1, -0.05) is 6.58 Å². The first kappa shape index (κ1) is 12.8. The molecule has 0 saturated carbocycles. The normalized spacial score (nSPS) is 9.30. The summed E-state index contributed by atoms with van der Waals surface area (Å²) < 4.78 is 24.0. The van der Waals surface area contributed by atoms with Crippen molar-refractivity contribution in [2.45, 2.75) is 0 Å². The van der Waals surface area contributed by atoms with E-state index < -0.39 is 16.1 Å². The average Bonchev–Trinajstić information content (AvgIpc) is 1.62. The van der Waals surface area contributed by atoms with Crippen molar-refractivity contribution in [2.75, 3.05) is 6.26 Å². The van der Waals surface area contributed by atoms with Crippen molar-refractivity contribution in [3.8, 4) is 0 Å². The molecule has 0 rings (SSSR count). The van der Waals surface area contributed by atoms with Gasteiger partial charge in [0.2, 0.25) is 0 Å². The van der Waals surface area contributed by atoms with Gasteiger partial charge in [0.25, 0.3) is 0 Å². The molecule has 0 aliphatic rings. The molecule has 0 aliphatic carbocycles. The van der Waals surface area contributed by atoms with Gasteiger partial charge in [-0.15, -0.1) is 0 Å². The van der Waals surface area contributed by atoms with Crippen molar-refractivity contribution in [1.82, 2.24) is 0 Å². The van der Waals surface area contributed by atoms with Crippen LogP contribution in [0.5, 0.6) is 0 Å². The van der Waals surface area contributed by atoms with Gasteiger partial charge in [0.05, 0.1) is 6.26 Å². The van der Waals surface area contributed by atoms with Crippen LogP contribution in [-0.4, -0.2) is 20.6 Å². The van der Waals surface area contributed by atoms with Crippen molar-refractivity contribution >= 4 is 16.1 Å². The van der Waals surface area contributed by atoms with E-state index in [1.807, 2.05) is 0 Å². The van der Waals surface area contributed by atoms with Crippen LogP contribution in [0.2, 0.25) is 0 Å². The second-order valence-corrected chi connectivity index (χ2v) is 2.89. The molecule has 0 heterocycles. The number of rotatable bonds is 2. The Hall–Kier alpha value is 0.160. The summed E-state index contributed by atoms with van der Waals surface area (Å²) in [4.78, 5) is 10.1. The summed E-state index contributed by atoms with van der Waals surface area (Å²) in [6.07, 6.45) is 1.56. The number of hydrogen-bond acceptors (Lipinski definition) is 4. The SMILES string of the molecule is C=CC(=O)OS(C)(=O)=O.[H-].[Na+]. The summed E-state index contributed by atoms with van der Waals surface area (Å²) in [6, 6.07) is 0. The van der Waals surface area contributed by atoms with E-state index in [-0.39, 0.29) is 31.0 Å². The van der Waals surface area contributed by atoms with Crippen LogP contribution in [0.4, 0.5) is 0 Å². The Morgan fingerprint density at radius 1 is 1.70 bits per heavy atom. The molecule has 54 valence electrons. The fraction of sp³-hybridized carbons (Fsp3) is 0.250. The summed E-state index contributed by atoms with van der Waals surface area (Å²) in [7, 11) is -3.66. The van der Waals surface area contributed by atoms with Crippen molar-refractivity contribution in [3.05, 3.63) is 12.7 Å². The minimum Gasteiger partial charge on any atom is -1.00 e. The maximum Gasteiger partial charge on any atom is 1.00 e. The van der Waals surface area contributed by atoms with E-state index in [2.05, 4.69) is 10.8 Å². The summed E-state index contributed by atoms with van der Waals surface area (Å²) in [5.41, 5.74) is 0. The Labute approximate surface area is 83.2 Å². The molecule has 0 saturated heterocycles. The van der Waals surface area contributed by atoms with Crippen LogP contribution in [0.3, 0.4) is 0 Å². The Kier molecular flexibility index (Phi) is 6.27. The van der Waals surface area contributed by atoms with E-state index in [0.29, 0.717) is 0 Å².